The van der Waals surface area contributed by atoms with E-state index >= 15 is 0 Å². The van der Waals surface area contributed by atoms with Crippen molar-refractivity contribution in [3.63, 3.8) is 0 Å². The fraction of sp³-hybridized carbons (Fsp3) is 0.571. The summed E-state index contributed by atoms with van der Waals surface area (Å²) in [7, 11) is -2.08. The molecule has 0 bridgehead atoms. The van der Waals surface area contributed by atoms with Gasteiger partial charge in [-0.1, -0.05) is 12.8 Å². The zero-order valence-electron chi connectivity index (χ0n) is 12.4. The summed E-state index contributed by atoms with van der Waals surface area (Å²) in [6, 6.07) is 4.61. The molecule has 1 aromatic carbocycles. The second-order valence-electron chi connectivity index (χ2n) is 5.32. The zero-order valence-corrected chi connectivity index (χ0v) is 14.0. The van der Waals surface area contributed by atoms with Crippen LogP contribution in [0.25, 0.3) is 0 Å². The molecule has 0 saturated heterocycles. The molecule has 21 heavy (non-hydrogen) atoms. The lowest BCUT2D eigenvalue weighted by Crippen LogP contribution is -2.38. The molecule has 0 aromatic heterocycles. The van der Waals surface area contributed by atoms with Gasteiger partial charge in [0.25, 0.3) is 0 Å². The number of nitrogens with two attached hydrogens (primary N) is 1. The van der Waals surface area contributed by atoms with Crippen molar-refractivity contribution in [3.8, 4) is 5.75 Å². The van der Waals surface area contributed by atoms with E-state index in [0.717, 1.165) is 25.7 Å². The molecule has 5 nitrogen and oxygen atoms in total. The molecular formula is C14H22N2O3S2. The van der Waals surface area contributed by atoms with Crippen LogP contribution in [0.1, 0.15) is 25.7 Å². The van der Waals surface area contributed by atoms with Crippen molar-refractivity contribution in [1.82, 2.24) is 4.72 Å². The summed E-state index contributed by atoms with van der Waals surface area (Å²) < 4.78 is 32.6. The number of methoxy groups -OCH3 is 1. The van der Waals surface area contributed by atoms with Gasteiger partial charge in [-0.05, 0) is 31.2 Å². The second kappa shape index (κ2) is 6.46. The van der Waals surface area contributed by atoms with Crippen LogP contribution in [0.4, 0.5) is 5.69 Å². The maximum Gasteiger partial charge on any atom is 0.242 e. The van der Waals surface area contributed by atoms with E-state index in [9.17, 15) is 8.42 Å². The molecule has 0 aliphatic heterocycles. The fourth-order valence-electron chi connectivity index (χ4n) is 2.67. The highest BCUT2D eigenvalue weighted by molar-refractivity contribution is 8.00. The molecule has 7 heteroatoms. The molecule has 1 fully saturated rings. The second-order valence-corrected chi connectivity index (χ2v) is 8.33. The summed E-state index contributed by atoms with van der Waals surface area (Å²) in [4.78, 5) is 0.109. The van der Waals surface area contributed by atoms with E-state index in [0.29, 0.717) is 12.3 Å². The molecule has 0 atom stereocenters. The smallest absolute Gasteiger partial charge is 0.242 e. The topological polar surface area (TPSA) is 81.4 Å². The molecule has 1 aromatic rings. The summed E-state index contributed by atoms with van der Waals surface area (Å²) in [6.45, 7) is 0.446. The van der Waals surface area contributed by atoms with Crippen molar-refractivity contribution in [1.29, 1.82) is 0 Å². The van der Waals surface area contributed by atoms with Crippen LogP contribution < -0.4 is 15.2 Å². The third-order valence-electron chi connectivity index (χ3n) is 4.04. The van der Waals surface area contributed by atoms with Gasteiger partial charge in [0.15, 0.2) is 0 Å². The van der Waals surface area contributed by atoms with Crippen molar-refractivity contribution in [2.24, 2.45) is 0 Å². The van der Waals surface area contributed by atoms with E-state index in [1.54, 1.807) is 17.8 Å². The number of sulfonamides is 1. The molecule has 118 valence electrons. The molecule has 0 heterocycles. The summed E-state index contributed by atoms with van der Waals surface area (Å²) in [5.41, 5.74) is 6.03. The first-order valence-electron chi connectivity index (χ1n) is 6.91. The average Bonchev–Trinajstić information content (AvgIpc) is 2.94. The Morgan fingerprint density at radius 2 is 2.05 bits per heavy atom. The van der Waals surface area contributed by atoms with Crippen molar-refractivity contribution < 1.29 is 13.2 Å². The van der Waals surface area contributed by atoms with E-state index in [4.69, 9.17) is 10.5 Å². The van der Waals surface area contributed by atoms with Gasteiger partial charge in [-0.15, -0.1) is 0 Å². The molecule has 2 rings (SSSR count). The van der Waals surface area contributed by atoms with Crippen LogP contribution >= 0.6 is 11.8 Å². The van der Waals surface area contributed by atoms with Crippen molar-refractivity contribution >= 4 is 27.5 Å². The Kier molecular flexibility index (Phi) is 5.06. The maximum absolute atomic E-state index is 12.4. The van der Waals surface area contributed by atoms with Gasteiger partial charge in [0.2, 0.25) is 10.0 Å². The number of thioether (sulfide) groups is 1. The van der Waals surface area contributed by atoms with E-state index in [1.165, 1.54) is 19.2 Å². The molecule has 3 N–H and O–H groups in total. The van der Waals surface area contributed by atoms with Gasteiger partial charge in [-0.3, -0.25) is 0 Å². The van der Waals surface area contributed by atoms with E-state index in [2.05, 4.69) is 4.72 Å². The lowest BCUT2D eigenvalue weighted by molar-refractivity contribution is 0.414. The van der Waals surface area contributed by atoms with Gasteiger partial charge in [-0.25, -0.2) is 13.1 Å². The van der Waals surface area contributed by atoms with Gasteiger partial charge < -0.3 is 10.5 Å². The lowest BCUT2D eigenvalue weighted by atomic mass is 10.1. The quantitative estimate of drug-likeness (QED) is 0.782. The third kappa shape index (κ3) is 3.64. The first kappa shape index (κ1) is 16.5. The highest BCUT2D eigenvalue weighted by Gasteiger charge is 2.34. The van der Waals surface area contributed by atoms with Gasteiger partial charge in [0.05, 0.1) is 12.8 Å². The first-order valence-corrected chi connectivity index (χ1v) is 9.62. The number of anilines is 1. The normalized spacial score (nSPS) is 17.8. The highest BCUT2D eigenvalue weighted by atomic mass is 32.2. The van der Waals surface area contributed by atoms with Crippen molar-refractivity contribution in [3.05, 3.63) is 18.2 Å². The minimum Gasteiger partial charge on any atom is -0.497 e. The zero-order chi connectivity index (χ0) is 15.5. The Balaban J connectivity index is 2.15. The van der Waals surface area contributed by atoms with Crippen LogP contribution in [0.2, 0.25) is 0 Å². The van der Waals surface area contributed by atoms with Gasteiger partial charge in [-0.2, -0.15) is 11.8 Å². The number of rotatable bonds is 6. The minimum atomic E-state index is -3.60. The van der Waals surface area contributed by atoms with E-state index in [1.807, 2.05) is 6.26 Å². The Morgan fingerprint density at radius 1 is 1.38 bits per heavy atom. The highest BCUT2D eigenvalue weighted by Crippen LogP contribution is 2.40. The molecular weight excluding hydrogens is 308 g/mol. The monoisotopic (exact) mass is 330 g/mol. The number of benzene rings is 1. The number of nitrogens with one attached hydrogen (secondary N) is 1. The molecule has 0 amide bonds. The number of hydrogen-bond donors (Lipinski definition) is 2. The summed E-state index contributed by atoms with van der Waals surface area (Å²) in [5.74, 6) is 0.544. The summed E-state index contributed by atoms with van der Waals surface area (Å²) in [6.07, 6.45) is 6.46. The van der Waals surface area contributed by atoms with Crippen molar-refractivity contribution in [2.45, 2.75) is 35.3 Å². The predicted molar refractivity (Wildman–Crippen MR) is 87.3 cm³/mol. The van der Waals surface area contributed by atoms with Crippen LogP contribution in [0.3, 0.4) is 0 Å². The summed E-state index contributed by atoms with van der Waals surface area (Å²) >= 11 is 1.75. The van der Waals surface area contributed by atoms with E-state index < -0.39 is 10.0 Å². The van der Waals surface area contributed by atoms with Crippen LogP contribution in [-0.4, -0.2) is 33.1 Å². The Morgan fingerprint density at radius 3 is 2.57 bits per heavy atom. The molecule has 0 spiro atoms. The van der Waals surface area contributed by atoms with Gasteiger partial charge in [0, 0.05) is 17.4 Å². The standard InChI is InChI=1S/C14H22N2O3S2/c1-19-11-5-6-13(12(15)9-11)21(17,18)16-10-14(20-2)7-3-4-8-14/h5-6,9,16H,3-4,7-8,10,15H2,1-2H3. The van der Waals surface area contributed by atoms with Crippen LogP contribution in [0.15, 0.2) is 23.1 Å². The van der Waals surface area contributed by atoms with Crippen LogP contribution in [0, 0.1) is 0 Å². The van der Waals surface area contributed by atoms with E-state index in [-0.39, 0.29) is 15.3 Å². The van der Waals surface area contributed by atoms with Gasteiger partial charge in [0.1, 0.15) is 10.6 Å². The average molecular weight is 330 g/mol. The summed E-state index contributed by atoms with van der Waals surface area (Å²) in [5, 5.41) is 0. The van der Waals surface area contributed by atoms with Crippen LogP contribution in [0.5, 0.6) is 5.75 Å². The lowest BCUT2D eigenvalue weighted by Gasteiger charge is -2.27. The molecule has 1 aliphatic carbocycles. The van der Waals surface area contributed by atoms with Crippen molar-refractivity contribution in [2.75, 3.05) is 25.6 Å². The van der Waals surface area contributed by atoms with Crippen LogP contribution in [-0.2, 0) is 10.0 Å². The number of ether oxygens (including phenoxy) is 1. The minimum absolute atomic E-state index is 0.0221. The molecule has 1 aliphatic rings. The predicted octanol–water partition coefficient (Wildman–Crippen LogP) is 2.23. The van der Waals surface area contributed by atoms with Gasteiger partial charge >= 0.3 is 0 Å². The Hall–Kier alpha value is -0.920. The SMILES string of the molecule is COc1ccc(S(=O)(=O)NCC2(SC)CCCC2)c(N)c1. The third-order valence-corrected chi connectivity index (χ3v) is 6.93. The first-order chi connectivity index (χ1) is 9.92. The Bertz CT molecular complexity index is 596. The molecule has 0 unspecified atom stereocenters. The largest absolute Gasteiger partial charge is 0.497 e. The maximum atomic E-state index is 12.4. The Labute approximate surface area is 130 Å². The fourth-order valence-corrected chi connectivity index (χ4v) is 4.92. The molecule has 1 saturated carbocycles. The molecule has 0 radical (unpaired) electrons. The number of hydrogen-bond acceptors (Lipinski definition) is 5. The number of nitrogen functional groups attached to an aromatic ring is 1.